The fraction of sp³-hybridized carbons (Fsp3) is 0.583. The molecular formula is C12H15ClF2N2. The van der Waals surface area contributed by atoms with Crippen LogP contribution >= 0.6 is 11.6 Å². The van der Waals surface area contributed by atoms with E-state index in [1.165, 1.54) is 6.20 Å². The van der Waals surface area contributed by atoms with Crippen LogP contribution in [-0.2, 0) is 6.42 Å². The van der Waals surface area contributed by atoms with Crippen LogP contribution in [0.1, 0.15) is 31.2 Å². The number of rotatable bonds is 2. The van der Waals surface area contributed by atoms with Gasteiger partial charge >= 0.3 is 0 Å². The Morgan fingerprint density at radius 2 is 2.29 bits per heavy atom. The van der Waals surface area contributed by atoms with Crippen LogP contribution in [0.3, 0.4) is 0 Å². The number of hydrogen-bond donors (Lipinski definition) is 1. The van der Waals surface area contributed by atoms with Crippen molar-refractivity contribution < 1.29 is 8.78 Å². The van der Waals surface area contributed by atoms with E-state index in [9.17, 15) is 8.78 Å². The fourth-order valence-electron chi connectivity index (χ4n) is 2.42. The number of aromatic nitrogens is 1. The monoisotopic (exact) mass is 260 g/mol. The Labute approximate surface area is 104 Å². The lowest BCUT2D eigenvalue weighted by atomic mass is 9.83. The second-order valence-electron chi connectivity index (χ2n) is 4.72. The summed E-state index contributed by atoms with van der Waals surface area (Å²) in [5, 5.41) is 0.497. The number of anilines is 1. The minimum absolute atomic E-state index is 0.00672. The molecule has 1 aliphatic carbocycles. The van der Waals surface area contributed by atoms with Crippen LogP contribution < -0.4 is 5.73 Å². The Morgan fingerprint density at radius 1 is 1.53 bits per heavy atom. The van der Waals surface area contributed by atoms with Gasteiger partial charge in [0.1, 0.15) is 5.82 Å². The molecule has 0 aromatic carbocycles. The molecule has 2 rings (SSSR count). The van der Waals surface area contributed by atoms with Gasteiger partial charge < -0.3 is 5.73 Å². The topological polar surface area (TPSA) is 38.9 Å². The lowest BCUT2D eigenvalue weighted by molar-refractivity contribution is -0.0521. The maximum Gasteiger partial charge on any atom is 0.248 e. The van der Waals surface area contributed by atoms with Crippen LogP contribution in [0.15, 0.2) is 12.3 Å². The van der Waals surface area contributed by atoms with Crippen LogP contribution in [-0.4, -0.2) is 10.9 Å². The molecule has 1 unspecified atom stereocenters. The molecule has 2 nitrogen and oxygen atoms in total. The van der Waals surface area contributed by atoms with E-state index >= 15 is 0 Å². The zero-order chi connectivity index (χ0) is 12.5. The van der Waals surface area contributed by atoms with E-state index in [1.54, 1.807) is 6.07 Å². The van der Waals surface area contributed by atoms with Crippen molar-refractivity contribution in [2.45, 2.75) is 38.0 Å². The molecule has 1 aromatic heterocycles. The summed E-state index contributed by atoms with van der Waals surface area (Å²) in [6.45, 7) is 0. The molecule has 94 valence electrons. The van der Waals surface area contributed by atoms with Gasteiger partial charge in [-0.1, -0.05) is 11.6 Å². The molecule has 5 heteroatoms. The van der Waals surface area contributed by atoms with Crippen LogP contribution in [0.2, 0.25) is 5.02 Å². The van der Waals surface area contributed by atoms with Crippen LogP contribution in [0.4, 0.5) is 14.6 Å². The SMILES string of the molecule is Nc1ncc(Cl)cc1CC1CCCC(F)(F)C1. The van der Waals surface area contributed by atoms with Crippen molar-refractivity contribution in [1.82, 2.24) is 4.98 Å². The fourth-order valence-corrected chi connectivity index (χ4v) is 2.60. The van der Waals surface area contributed by atoms with Gasteiger partial charge in [0.05, 0.1) is 5.02 Å². The van der Waals surface area contributed by atoms with E-state index in [-0.39, 0.29) is 18.8 Å². The summed E-state index contributed by atoms with van der Waals surface area (Å²) in [5.41, 5.74) is 6.49. The van der Waals surface area contributed by atoms with Gasteiger partial charge in [-0.05, 0) is 36.8 Å². The molecule has 1 atom stereocenters. The van der Waals surface area contributed by atoms with Crippen LogP contribution in [0.5, 0.6) is 0 Å². The number of pyridine rings is 1. The van der Waals surface area contributed by atoms with Crippen LogP contribution in [0, 0.1) is 5.92 Å². The average molecular weight is 261 g/mol. The lowest BCUT2D eigenvalue weighted by Crippen LogP contribution is -2.27. The van der Waals surface area contributed by atoms with Gasteiger partial charge in [0, 0.05) is 19.0 Å². The van der Waals surface area contributed by atoms with Gasteiger partial charge in [-0.25, -0.2) is 13.8 Å². The minimum Gasteiger partial charge on any atom is -0.383 e. The Bertz CT molecular complexity index is 409. The third-order valence-corrected chi connectivity index (χ3v) is 3.43. The third-order valence-electron chi connectivity index (χ3n) is 3.22. The summed E-state index contributed by atoms with van der Waals surface area (Å²) in [7, 11) is 0. The van der Waals surface area contributed by atoms with Gasteiger partial charge in [-0.3, -0.25) is 0 Å². The molecule has 0 aliphatic heterocycles. The quantitative estimate of drug-likeness (QED) is 0.881. The van der Waals surface area contributed by atoms with E-state index in [1.807, 2.05) is 0 Å². The lowest BCUT2D eigenvalue weighted by Gasteiger charge is -2.29. The predicted molar refractivity (Wildman–Crippen MR) is 64.3 cm³/mol. The van der Waals surface area contributed by atoms with Crippen molar-refractivity contribution in [3.8, 4) is 0 Å². The van der Waals surface area contributed by atoms with Crippen LogP contribution in [0.25, 0.3) is 0 Å². The second-order valence-corrected chi connectivity index (χ2v) is 5.16. The zero-order valence-electron chi connectivity index (χ0n) is 9.43. The Balaban J connectivity index is 2.07. The molecule has 0 radical (unpaired) electrons. The summed E-state index contributed by atoms with van der Waals surface area (Å²) in [6, 6.07) is 1.72. The van der Waals surface area contributed by atoms with Gasteiger partial charge in [0.2, 0.25) is 5.92 Å². The predicted octanol–water partition coefficient (Wildman–Crippen LogP) is 3.69. The normalized spacial score (nSPS) is 23.6. The first kappa shape index (κ1) is 12.6. The maximum absolute atomic E-state index is 13.3. The molecule has 0 spiro atoms. The number of nitrogens with two attached hydrogens (primary N) is 1. The molecule has 17 heavy (non-hydrogen) atoms. The van der Waals surface area contributed by atoms with Crippen molar-refractivity contribution in [2.75, 3.05) is 5.73 Å². The molecule has 1 heterocycles. The highest BCUT2D eigenvalue weighted by atomic mass is 35.5. The number of nitrogen functional groups attached to an aromatic ring is 1. The highest BCUT2D eigenvalue weighted by molar-refractivity contribution is 6.30. The van der Waals surface area contributed by atoms with Gasteiger partial charge in [0.15, 0.2) is 0 Å². The smallest absolute Gasteiger partial charge is 0.248 e. The zero-order valence-corrected chi connectivity index (χ0v) is 10.2. The first-order valence-corrected chi connectivity index (χ1v) is 6.12. The van der Waals surface area contributed by atoms with Gasteiger partial charge in [-0.2, -0.15) is 0 Å². The summed E-state index contributed by atoms with van der Waals surface area (Å²) in [5.74, 6) is -2.16. The van der Waals surface area contributed by atoms with E-state index in [4.69, 9.17) is 17.3 Å². The van der Waals surface area contributed by atoms with Crippen molar-refractivity contribution >= 4 is 17.4 Å². The number of halogens is 3. The summed E-state index contributed by atoms with van der Waals surface area (Å²) in [4.78, 5) is 3.94. The highest BCUT2D eigenvalue weighted by Crippen LogP contribution is 2.38. The van der Waals surface area contributed by atoms with Crippen molar-refractivity contribution in [3.63, 3.8) is 0 Å². The first-order chi connectivity index (χ1) is 7.96. The van der Waals surface area contributed by atoms with E-state index in [0.717, 1.165) is 12.0 Å². The first-order valence-electron chi connectivity index (χ1n) is 5.74. The molecule has 1 saturated carbocycles. The minimum atomic E-state index is -2.52. The van der Waals surface area contributed by atoms with E-state index in [2.05, 4.69) is 4.98 Å². The Morgan fingerprint density at radius 3 is 3.00 bits per heavy atom. The summed E-state index contributed by atoms with van der Waals surface area (Å²) < 4.78 is 26.5. The largest absolute Gasteiger partial charge is 0.383 e. The molecule has 0 saturated heterocycles. The number of nitrogens with zero attached hydrogens (tertiary/aromatic N) is 1. The average Bonchev–Trinajstić information content (AvgIpc) is 2.22. The number of hydrogen-bond acceptors (Lipinski definition) is 2. The van der Waals surface area contributed by atoms with Crippen molar-refractivity contribution in [1.29, 1.82) is 0 Å². The van der Waals surface area contributed by atoms with Crippen molar-refractivity contribution in [2.24, 2.45) is 5.92 Å². The third kappa shape index (κ3) is 3.28. The molecule has 0 amide bonds. The highest BCUT2D eigenvalue weighted by Gasteiger charge is 2.36. The van der Waals surface area contributed by atoms with Gasteiger partial charge in [0.25, 0.3) is 0 Å². The van der Waals surface area contributed by atoms with E-state index < -0.39 is 5.92 Å². The molecule has 0 bridgehead atoms. The van der Waals surface area contributed by atoms with Crippen molar-refractivity contribution in [3.05, 3.63) is 22.8 Å². The molecular weight excluding hydrogens is 246 g/mol. The molecule has 1 aliphatic rings. The Kier molecular flexibility index (Phi) is 3.52. The maximum atomic E-state index is 13.3. The summed E-state index contributed by atoms with van der Waals surface area (Å²) >= 11 is 5.82. The summed E-state index contributed by atoms with van der Waals surface area (Å²) in [6.07, 6.45) is 3.35. The molecule has 2 N–H and O–H groups in total. The second kappa shape index (κ2) is 4.77. The standard InChI is InChI=1S/C12H15ClF2N2/c13-10-5-9(11(16)17-7-10)4-8-2-1-3-12(14,15)6-8/h5,7-8H,1-4,6H2,(H2,16,17). The molecule has 1 aromatic rings. The Hall–Kier alpha value is -0.900. The van der Waals surface area contributed by atoms with Gasteiger partial charge in [-0.15, -0.1) is 0 Å². The molecule has 1 fully saturated rings. The van der Waals surface area contributed by atoms with E-state index in [0.29, 0.717) is 23.7 Å². The number of alkyl halides is 2.